The molecule has 1 unspecified atom stereocenters. The minimum atomic E-state index is -0.232. The summed E-state index contributed by atoms with van der Waals surface area (Å²) in [5.41, 5.74) is 0.946. The van der Waals surface area contributed by atoms with E-state index in [2.05, 4.69) is 6.58 Å². The van der Waals surface area contributed by atoms with E-state index in [1.165, 1.54) is 4.90 Å². The number of allylic oxidation sites excluding steroid dienone is 1. The van der Waals surface area contributed by atoms with Crippen LogP contribution in [-0.2, 0) is 4.79 Å². The third-order valence-electron chi connectivity index (χ3n) is 3.77. The molecule has 0 N–H and O–H groups in total. The van der Waals surface area contributed by atoms with Crippen LogP contribution >= 0.6 is 0 Å². The first-order valence-corrected chi connectivity index (χ1v) is 7.20. The molecule has 2 amide bonds. The van der Waals surface area contributed by atoms with Crippen molar-refractivity contribution in [3.05, 3.63) is 48.0 Å². The molecule has 110 valence electrons. The van der Waals surface area contributed by atoms with Gasteiger partial charge in [-0.05, 0) is 37.8 Å². The molecule has 0 aromatic heterocycles. The number of benzene rings is 1. The van der Waals surface area contributed by atoms with Crippen LogP contribution in [0.25, 0.3) is 0 Å². The summed E-state index contributed by atoms with van der Waals surface area (Å²) in [6.45, 7) is 4.01. The lowest BCUT2D eigenvalue weighted by Gasteiger charge is -2.15. The molecular formula is C17H19NO3. The molecule has 0 radical (unpaired) electrons. The minimum absolute atomic E-state index is 0.0295. The quantitative estimate of drug-likeness (QED) is 0.419. The van der Waals surface area contributed by atoms with Crippen molar-refractivity contribution in [2.45, 2.75) is 25.7 Å². The van der Waals surface area contributed by atoms with Gasteiger partial charge in [-0.3, -0.25) is 14.5 Å². The predicted octanol–water partition coefficient (Wildman–Crippen LogP) is 2.84. The van der Waals surface area contributed by atoms with Gasteiger partial charge in [-0.2, -0.15) is 0 Å². The molecule has 0 fully saturated rings. The maximum Gasteiger partial charge on any atom is 0.261 e. The number of imide groups is 1. The van der Waals surface area contributed by atoms with E-state index >= 15 is 0 Å². The lowest BCUT2D eigenvalue weighted by molar-refractivity contribution is -0.111. The third kappa shape index (κ3) is 3.27. The topological polar surface area (TPSA) is 54.5 Å². The summed E-state index contributed by atoms with van der Waals surface area (Å²) in [4.78, 5) is 36.5. The van der Waals surface area contributed by atoms with Crippen molar-refractivity contribution in [3.8, 4) is 0 Å². The third-order valence-corrected chi connectivity index (χ3v) is 3.77. The van der Waals surface area contributed by atoms with Crippen LogP contribution in [0.1, 0.15) is 46.4 Å². The van der Waals surface area contributed by atoms with Gasteiger partial charge in [0.25, 0.3) is 11.8 Å². The maximum absolute atomic E-state index is 12.1. The summed E-state index contributed by atoms with van der Waals surface area (Å²) in [7, 11) is 0. The number of fused-ring (bicyclic) bond motifs is 1. The number of aldehydes is 1. The van der Waals surface area contributed by atoms with Crippen molar-refractivity contribution in [2.75, 3.05) is 6.54 Å². The highest BCUT2D eigenvalue weighted by atomic mass is 16.2. The van der Waals surface area contributed by atoms with E-state index in [0.717, 1.165) is 19.1 Å². The summed E-state index contributed by atoms with van der Waals surface area (Å²) in [5.74, 6) is -0.494. The Bertz CT molecular complexity index is 530. The smallest absolute Gasteiger partial charge is 0.261 e. The number of amides is 2. The number of carbonyl (C=O) groups is 3. The first-order chi connectivity index (χ1) is 10.2. The van der Waals surface area contributed by atoms with Gasteiger partial charge in [0, 0.05) is 12.5 Å². The molecule has 0 saturated carbocycles. The number of hydrogen-bond donors (Lipinski definition) is 0. The molecule has 1 aromatic rings. The number of carbonyl (C=O) groups excluding carboxylic acids is 3. The molecule has 1 aliphatic heterocycles. The Morgan fingerprint density at radius 1 is 1.10 bits per heavy atom. The molecule has 0 spiro atoms. The molecule has 0 saturated heterocycles. The van der Waals surface area contributed by atoms with E-state index in [0.29, 0.717) is 30.5 Å². The second kappa shape index (κ2) is 6.97. The van der Waals surface area contributed by atoms with Crippen LogP contribution in [0.5, 0.6) is 0 Å². The van der Waals surface area contributed by atoms with Crippen molar-refractivity contribution < 1.29 is 14.4 Å². The number of nitrogens with zero attached hydrogens (tertiary/aromatic N) is 1. The first-order valence-electron chi connectivity index (χ1n) is 7.20. The van der Waals surface area contributed by atoms with Crippen LogP contribution < -0.4 is 0 Å². The predicted molar refractivity (Wildman–Crippen MR) is 80.0 cm³/mol. The number of rotatable bonds is 8. The lowest BCUT2D eigenvalue weighted by Crippen LogP contribution is -2.31. The summed E-state index contributed by atoms with van der Waals surface area (Å²) in [6, 6.07) is 6.86. The second-order valence-corrected chi connectivity index (χ2v) is 5.21. The van der Waals surface area contributed by atoms with Gasteiger partial charge in [-0.1, -0.05) is 18.2 Å². The molecule has 4 nitrogen and oxygen atoms in total. The highest BCUT2D eigenvalue weighted by Gasteiger charge is 2.34. The summed E-state index contributed by atoms with van der Waals surface area (Å²) in [5, 5.41) is 0. The van der Waals surface area contributed by atoms with Crippen LogP contribution in [0.3, 0.4) is 0 Å². The van der Waals surface area contributed by atoms with Crippen molar-refractivity contribution in [3.63, 3.8) is 0 Å². The Kier molecular flexibility index (Phi) is 5.04. The second-order valence-electron chi connectivity index (χ2n) is 5.21. The van der Waals surface area contributed by atoms with Gasteiger partial charge in [0.1, 0.15) is 6.29 Å². The maximum atomic E-state index is 12.1. The van der Waals surface area contributed by atoms with Gasteiger partial charge in [-0.25, -0.2) is 0 Å². The Hall–Kier alpha value is -2.23. The SMILES string of the molecule is C=CCCC(C=O)CCCN1C(=O)c2ccccc2C1=O. The molecule has 2 rings (SSSR count). The molecule has 1 heterocycles. The fourth-order valence-corrected chi connectivity index (χ4v) is 2.57. The van der Waals surface area contributed by atoms with Gasteiger partial charge < -0.3 is 4.79 Å². The largest absolute Gasteiger partial charge is 0.303 e. The summed E-state index contributed by atoms with van der Waals surface area (Å²) in [6.07, 6.45) is 5.65. The Balaban J connectivity index is 1.90. The van der Waals surface area contributed by atoms with E-state index in [1.807, 2.05) is 0 Å². The summed E-state index contributed by atoms with van der Waals surface area (Å²) >= 11 is 0. The van der Waals surface area contributed by atoms with Crippen LogP contribution in [-0.4, -0.2) is 29.5 Å². The van der Waals surface area contributed by atoms with Crippen LogP contribution in [0.2, 0.25) is 0 Å². The summed E-state index contributed by atoms with van der Waals surface area (Å²) < 4.78 is 0. The van der Waals surface area contributed by atoms with Gasteiger partial charge in [0.05, 0.1) is 11.1 Å². The highest BCUT2D eigenvalue weighted by molar-refractivity contribution is 6.21. The van der Waals surface area contributed by atoms with E-state index in [4.69, 9.17) is 0 Å². The molecule has 1 aliphatic rings. The molecule has 21 heavy (non-hydrogen) atoms. The molecule has 1 atom stereocenters. The average molecular weight is 285 g/mol. The van der Waals surface area contributed by atoms with Gasteiger partial charge >= 0.3 is 0 Å². The Morgan fingerprint density at radius 3 is 2.24 bits per heavy atom. The van der Waals surface area contributed by atoms with Crippen molar-refractivity contribution >= 4 is 18.1 Å². The fraction of sp³-hybridized carbons (Fsp3) is 0.353. The first kappa shape index (κ1) is 15.2. The van der Waals surface area contributed by atoms with E-state index in [-0.39, 0.29) is 17.7 Å². The average Bonchev–Trinajstić information content (AvgIpc) is 2.76. The normalized spacial score (nSPS) is 15.0. The zero-order valence-electron chi connectivity index (χ0n) is 12.0. The van der Waals surface area contributed by atoms with Crippen LogP contribution in [0.4, 0.5) is 0 Å². The van der Waals surface area contributed by atoms with Crippen molar-refractivity contribution in [1.82, 2.24) is 4.90 Å². The molecule has 0 bridgehead atoms. The Morgan fingerprint density at radius 2 is 1.71 bits per heavy atom. The molecule has 4 heteroatoms. The Labute approximate surface area is 124 Å². The molecule has 0 aliphatic carbocycles. The van der Waals surface area contributed by atoms with Crippen molar-refractivity contribution in [1.29, 1.82) is 0 Å². The van der Waals surface area contributed by atoms with Crippen molar-refractivity contribution in [2.24, 2.45) is 5.92 Å². The van der Waals surface area contributed by atoms with Gasteiger partial charge in [0.15, 0.2) is 0 Å². The van der Waals surface area contributed by atoms with E-state index in [9.17, 15) is 14.4 Å². The zero-order valence-corrected chi connectivity index (χ0v) is 12.0. The lowest BCUT2D eigenvalue weighted by atomic mass is 9.99. The minimum Gasteiger partial charge on any atom is -0.303 e. The van der Waals surface area contributed by atoms with Gasteiger partial charge in [0.2, 0.25) is 0 Å². The molecule has 1 aromatic carbocycles. The standard InChI is InChI=1S/C17H19NO3/c1-2-3-7-13(12-19)8-6-11-18-16(20)14-9-4-5-10-15(14)17(18)21/h2,4-5,9-10,12-13H,1,3,6-8,11H2. The van der Waals surface area contributed by atoms with E-state index in [1.54, 1.807) is 30.3 Å². The number of hydrogen-bond acceptors (Lipinski definition) is 3. The van der Waals surface area contributed by atoms with Gasteiger partial charge in [-0.15, -0.1) is 6.58 Å². The van der Waals surface area contributed by atoms with Crippen LogP contribution in [0, 0.1) is 5.92 Å². The monoisotopic (exact) mass is 285 g/mol. The van der Waals surface area contributed by atoms with Crippen LogP contribution in [0.15, 0.2) is 36.9 Å². The zero-order chi connectivity index (χ0) is 15.2. The fourth-order valence-electron chi connectivity index (χ4n) is 2.57. The highest BCUT2D eigenvalue weighted by Crippen LogP contribution is 2.23. The molecular weight excluding hydrogens is 266 g/mol. The van der Waals surface area contributed by atoms with E-state index < -0.39 is 0 Å².